The summed E-state index contributed by atoms with van der Waals surface area (Å²) in [5, 5.41) is 2.79. The molecule has 5 heteroatoms. The van der Waals surface area contributed by atoms with Crippen molar-refractivity contribution in [3.63, 3.8) is 0 Å². The number of piperidine rings is 1. The number of carbonyl (C=O) groups excluding carboxylic acids is 2. The summed E-state index contributed by atoms with van der Waals surface area (Å²) in [6.07, 6.45) is 3.23. The van der Waals surface area contributed by atoms with Crippen LogP contribution in [-0.4, -0.2) is 36.4 Å². The number of hydrogen-bond acceptors (Lipinski definition) is 3. The van der Waals surface area contributed by atoms with Gasteiger partial charge in [0.1, 0.15) is 5.75 Å². The van der Waals surface area contributed by atoms with Crippen molar-refractivity contribution in [2.45, 2.75) is 19.3 Å². The predicted molar refractivity (Wildman–Crippen MR) is 96.8 cm³/mol. The monoisotopic (exact) mass is 338 g/mol. The zero-order chi connectivity index (χ0) is 17.5. The van der Waals surface area contributed by atoms with Crippen LogP contribution in [0.3, 0.4) is 0 Å². The van der Waals surface area contributed by atoms with Crippen LogP contribution in [0.2, 0.25) is 0 Å². The first-order chi connectivity index (χ1) is 12.2. The van der Waals surface area contributed by atoms with Crippen LogP contribution in [0.1, 0.15) is 29.6 Å². The van der Waals surface area contributed by atoms with Gasteiger partial charge in [-0.05, 0) is 43.5 Å². The summed E-state index contributed by atoms with van der Waals surface area (Å²) in [4.78, 5) is 26.8. The second-order valence-electron chi connectivity index (χ2n) is 6.05. The molecule has 1 heterocycles. The largest absolute Gasteiger partial charge is 0.484 e. The van der Waals surface area contributed by atoms with E-state index in [1.807, 2.05) is 29.2 Å². The van der Waals surface area contributed by atoms with E-state index in [4.69, 9.17) is 4.74 Å². The van der Waals surface area contributed by atoms with Gasteiger partial charge >= 0.3 is 0 Å². The number of anilines is 1. The highest BCUT2D eigenvalue weighted by molar-refractivity contribution is 6.04. The van der Waals surface area contributed by atoms with Crippen LogP contribution >= 0.6 is 0 Å². The SMILES string of the molecule is O=C(COc1ccccc1)Nc1ccccc1C(=O)N1CCCCC1. The maximum atomic E-state index is 12.7. The molecular weight excluding hydrogens is 316 g/mol. The molecular formula is C20H22N2O3. The Kier molecular flexibility index (Phi) is 5.67. The van der Waals surface area contributed by atoms with E-state index in [2.05, 4.69) is 5.32 Å². The lowest BCUT2D eigenvalue weighted by molar-refractivity contribution is -0.118. The number of likely N-dealkylation sites (tertiary alicyclic amines) is 1. The fourth-order valence-electron chi connectivity index (χ4n) is 2.90. The predicted octanol–water partition coefficient (Wildman–Crippen LogP) is 3.33. The van der Waals surface area contributed by atoms with Gasteiger partial charge in [-0.3, -0.25) is 9.59 Å². The highest BCUT2D eigenvalue weighted by Gasteiger charge is 2.21. The Labute approximate surface area is 147 Å². The molecule has 0 saturated carbocycles. The van der Waals surface area contributed by atoms with Crippen molar-refractivity contribution in [2.24, 2.45) is 0 Å². The molecule has 0 atom stereocenters. The third-order valence-corrected chi connectivity index (χ3v) is 4.19. The number of amides is 2. The number of hydrogen-bond donors (Lipinski definition) is 1. The molecule has 1 aliphatic rings. The number of para-hydroxylation sites is 2. The van der Waals surface area contributed by atoms with E-state index in [0.29, 0.717) is 17.0 Å². The molecule has 130 valence electrons. The molecule has 2 aromatic rings. The molecule has 3 rings (SSSR count). The number of carbonyl (C=O) groups is 2. The Morgan fingerprint density at radius 3 is 2.36 bits per heavy atom. The van der Waals surface area contributed by atoms with Crippen molar-refractivity contribution < 1.29 is 14.3 Å². The van der Waals surface area contributed by atoms with Crippen molar-refractivity contribution in [2.75, 3.05) is 25.0 Å². The van der Waals surface area contributed by atoms with Crippen LogP contribution in [0.15, 0.2) is 54.6 Å². The molecule has 0 aromatic heterocycles. The van der Waals surface area contributed by atoms with Crippen LogP contribution in [0, 0.1) is 0 Å². The van der Waals surface area contributed by atoms with E-state index in [0.717, 1.165) is 25.9 Å². The summed E-state index contributed by atoms with van der Waals surface area (Å²) >= 11 is 0. The number of nitrogens with zero attached hydrogens (tertiary/aromatic N) is 1. The van der Waals surface area contributed by atoms with Crippen molar-refractivity contribution in [1.29, 1.82) is 0 Å². The molecule has 0 spiro atoms. The highest BCUT2D eigenvalue weighted by Crippen LogP contribution is 2.20. The Bertz CT molecular complexity index is 725. The summed E-state index contributed by atoms with van der Waals surface area (Å²) in [7, 11) is 0. The maximum Gasteiger partial charge on any atom is 0.262 e. The number of nitrogens with one attached hydrogen (secondary N) is 1. The highest BCUT2D eigenvalue weighted by atomic mass is 16.5. The summed E-state index contributed by atoms with van der Waals surface area (Å²) in [6, 6.07) is 16.3. The minimum Gasteiger partial charge on any atom is -0.484 e. The Morgan fingerprint density at radius 1 is 0.920 bits per heavy atom. The fourth-order valence-corrected chi connectivity index (χ4v) is 2.90. The molecule has 1 N–H and O–H groups in total. The molecule has 0 radical (unpaired) electrons. The minimum absolute atomic E-state index is 0.0282. The topological polar surface area (TPSA) is 58.6 Å². The normalized spacial score (nSPS) is 14.0. The lowest BCUT2D eigenvalue weighted by atomic mass is 10.1. The number of ether oxygens (including phenoxy) is 1. The molecule has 2 amide bonds. The lowest BCUT2D eigenvalue weighted by Gasteiger charge is -2.27. The van der Waals surface area contributed by atoms with E-state index in [1.165, 1.54) is 6.42 Å². The molecule has 25 heavy (non-hydrogen) atoms. The first-order valence-electron chi connectivity index (χ1n) is 8.60. The molecule has 2 aromatic carbocycles. The average molecular weight is 338 g/mol. The van der Waals surface area contributed by atoms with Gasteiger partial charge < -0.3 is 15.0 Å². The smallest absolute Gasteiger partial charge is 0.262 e. The molecule has 0 unspecified atom stereocenters. The third kappa shape index (κ3) is 4.59. The number of rotatable bonds is 5. The van der Waals surface area contributed by atoms with Gasteiger partial charge in [0, 0.05) is 13.1 Å². The van der Waals surface area contributed by atoms with Gasteiger partial charge in [-0.15, -0.1) is 0 Å². The van der Waals surface area contributed by atoms with Crippen LogP contribution in [-0.2, 0) is 4.79 Å². The van der Waals surface area contributed by atoms with Crippen molar-refractivity contribution in [3.8, 4) is 5.75 Å². The lowest BCUT2D eigenvalue weighted by Crippen LogP contribution is -2.36. The van der Waals surface area contributed by atoms with Crippen LogP contribution in [0.25, 0.3) is 0 Å². The van der Waals surface area contributed by atoms with Gasteiger partial charge in [-0.2, -0.15) is 0 Å². The van der Waals surface area contributed by atoms with Gasteiger partial charge in [-0.25, -0.2) is 0 Å². The van der Waals surface area contributed by atoms with Crippen LogP contribution in [0.5, 0.6) is 5.75 Å². The summed E-state index contributed by atoms with van der Waals surface area (Å²) in [5.41, 5.74) is 1.05. The van der Waals surface area contributed by atoms with Crippen molar-refractivity contribution in [1.82, 2.24) is 4.90 Å². The first kappa shape index (κ1) is 17.0. The van der Waals surface area contributed by atoms with Gasteiger partial charge in [0.25, 0.3) is 11.8 Å². The Morgan fingerprint density at radius 2 is 1.60 bits per heavy atom. The quantitative estimate of drug-likeness (QED) is 0.910. The van der Waals surface area contributed by atoms with Gasteiger partial charge in [0.05, 0.1) is 11.3 Å². The van der Waals surface area contributed by atoms with E-state index in [1.54, 1.807) is 30.3 Å². The van der Waals surface area contributed by atoms with Crippen molar-refractivity contribution in [3.05, 3.63) is 60.2 Å². The second-order valence-corrected chi connectivity index (χ2v) is 6.05. The van der Waals surface area contributed by atoms with E-state index < -0.39 is 0 Å². The van der Waals surface area contributed by atoms with E-state index in [-0.39, 0.29) is 18.4 Å². The summed E-state index contributed by atoms with van der Waals surface area (Å²) in [5.74, 6) is 0.317. The molecule has 5 nitrogen and oxygen atoms in total. The standard InChI is InChI=1S/C20H22N2O3/c23-19(15-25-16-9-3-1-4-10-16)21-18-12-6-5-11-17(18)20(24)22-13-7-2-8-14-22/h1,3-6,9-12H,2,7-8,13-15H2,(H,21,23). The van der Waals surface area contributed by atoms with Crippen molar-refractivity contribution >= 4 is 17.5 Å². The third-order valence-electron chi connectivity index (χ3n) is 4.19. The van der Waals surface area contributed by atoms with E-state index in [9.17, 15) is 9.59 Å². The Hall–Kier alpha value is -2.82. The minimum atomic E-state index is -0.289. The van der Waals surface area contributed by atoms with Gasteiger partial charge in [-0.1, -0.05) is 30.3 Å². The van der Waals surface area contributed by atoms with Crippen LogP contribution < -0.4 is 10.1 Å². The summed E-state index contributed by atoms with van der Waals surface area (Å²) < 4.78 is 5.45. The summed E-state index contributed by atoms with van der Waals surface area (Å²) in [6.45, 7) is 1.45. The zero-order valence-electron chi connectivity index (χ0n) is 14.1. The Balaban J connectivity index is 1.64. The molecule has 0 bridgehead atoms. The molecule has 0 aliphatic carbocycles. The first-order valence-corrected chi connectivity index (χ1v) is 8.60. The average Bonchev–Trinajstić information content (AvgIpc) is 2.68. The van der Waals surface area contributed by atoms with Crippen LogP contribution in [0.4, 0.5) is 5.69 Å². The van der Waals surface area contributed by atoms with Gasteiger partial charge in [0.15, 0.2) is 6.61 Å². The molecule has 1 fully saturated rings. The maximum absolute atomic E-state index is 12.7. The second kappa shape index (κ2) is 8.33. The molecule has 1 saturated heterocycles. The number of benzene rings is 2. The fraction of sp³-hybridized carbons (Fsp3) is 0.300. The zero-order valence-corrected chi connectivity index (χ0v) is 14.1. The molecule has 1 aliphatic heterocycles. The van der Waals surface area contributed by atoms with E-state index >= 15 is 0 Å². The van der Waals surface area contributed by atoms with Gasteiger partial charge in [0.2, 0.25) is 0 Å².